The third-order valence-electron chi connectivity index (χ3n) is 4.76. The fourth-order valence-electron chi connectivity index (χ4n) is 3.19. The van der Waals surface area contributed by atoms with Crippen LogP contribution in [-0.2, 0) is 11.2 Å². The van der Waals surface area contributed by atoms with Gasteiger partial charge in [0, 0.05) is 31.0 Å². The zero-order valence-corrected chi connectivity index (χ0v) is 16.7. The Morgan fingerprint density at radius 1 is 1.35 bits per heavy atom. The normalized spacial score (nSPS) is 17.1. The summed E-state index contributed by atoms with van der Waals surface area (Å²) in [6, 6.07) is 8.36. The van der Waals surface area contributed by atoms with Gasteiger partial charge in [0.15, 0.2) is 0 Å². The van der Waals surface area contributed by atoms with Gasteiger partial charge >= 0.3 is 0 Å². The van der Waals surface area contributed by atoms with Crippen LogP contribution in [0.2, 0.25) is 0 Å². The van der Waals surface area contributed by atoms with Crippen LogP contribution in [0.3, 0.4) is 0 Å². The van der Waals surface area contributed by atoms with E-state index < -0.39 is 0 Å². The van der Waals surface area contributed by atoms with E-state index in [4.69, 9.17) is 4.98 Å². The molecule has 1 N–H and O–H groups in total. The fourth-order valence-corrected chi connectivity index (χ4v) is 3.95. The lowest BCUT2D eigenvalue weighted by Gasteiger charge is -2.22. The number of nitrogens with zero attached hydrogens (tertiary/aromatic N) is 3. The Hall–Kier alpha value is -1.95. The predicted molar refractivity (Wildman–Crippen MR) is 107 cm³/mol. The quantitative estimate of drug-likeness (QED) is 0.807. The monoisotopic (exact) mass is 372 g/mol. The maximum absolute atomic E-state index is 12.5. The summed E-state index contributed by atoms with van der Waals surface area (Å²) in [7, 11) is 0. The van der Waals surface area contributed by atoms with Gasteiger partial charge in [0.05, 0.1) is 0 Å². The van der Waals surface area contributed by atoms with Crippen molar-refractivity contribution in [1.29, 1.82) is 0 Å². The van der Waals surface area contributed by atoms with Crippen LogP contribution in [0.4, 0.5) is 5.13 Å². The number of anilines is 1. The van der Waals surface area contributed by atoms with Crippen molar-refractivity contribution in [3.05, 3.63) is 41.2 Å². The number of carbonyl (C=O) groups excluding carboxylic acids is 1. The first-order chi connectivity index (χ1) is 12.5. The van der Waals surface area contributed by atoms with E-state index in [-0.39, 0.29) is 11.9 Å². The molecule has 0 bridgehead atoms. The second-order valence-electron chi connectivity index (χ2n) is 7.48. The first-order valence-electron chi connectivity index (χ1n) is 9.45. The van der Waals surface area contributed by atoms with Crippen LogP contribution in [0.5, 0.6) is 0 Å². The summed E-state index contributed by atoms with van der Waals surface area (Å²) in [4.78, 5) is 19.4. The van der Waals surface area contributed by atoms with Crippen molar-refractivity contribution in [3.8, 4) is 0 Å². The maximum atomic E-state index is 12.5. The molecule has 1 aliphatic heterocycles. The molecule has 1 saturated heterocycles. The average molecular weight is 373 g/mol. The lowest BCUT2D eigenvalue weighted by Crippen LogP contribution is -2.43. The Balaban J connectivity index is 1.61. The molecule has 0 radical (unpaired) electrons. The number of aromatic nitrogens is 2. The first kappa shape index (κ1) is 18.8. The summed E-state index contributed by atoms with van der Waals surface area (Å²) < 4.78 is 4.51. The molecule has 5 nitrogen and oxygen atoms in total. The van der Waals surface area contributed by atoms with Gasteiger partial charge in [-0.2, -0.15) is 4.37 Å². The number of hydrogen-bond acceptors (Lipinski definition) is 5. The van der Waals surface area contributed by atoms with E-state index in [1.54, 1.807) is 0 Å². The highest BCUT2D eigenvalue weighted by Crippen LogP contribution is 2.27. The topological polar surface area (TPSA) is 58.1 Å². The Morgan fingerprint density at radius 2 is 2.12 bits per heavy atom. The molecule has 0 aliphatic carbocycles. The van der Waals surface area contributed by atoms with Gasteiger partial charge in [-0.15, -0.1) is 0 Å². The molecular formula is C20H28N4OS. The Morgan fingerprint density at radius 3 is 2.85 bits per heavy atom. The molecular weight excluding hydrogens is 344 g/mol. The van der Waals surface area contributed by atoms with Gasteiger partial charge in [0.1, 0.15) is 11.9 Å². The molecule has 2 heterocycles. The van der Waals surface area contributed by atoms with Gasteiger partial charge < -0.3 is 10.2 Å². The average Bonchev–Trinajstić information content (AvgIpc) is 3.25. The molecule has 1 amide bonds. The zero-order chi connectivity index (χ0) is 18.5. The highest BCUT2D eigenvalue weighted by Gasteiger charge is 2.32. The van der Waals surface area contributed by atoms with E-state index in [0.29, 0.717) is 5.92 Å². The third-order valence-corrected chi connectivity index (χ3v) is 5.55. The van der Waals surface area contributed by atoms with Crippen LogP contribution in [-0.4, -0.2) is 34.4 Å². The number of hydrogen-bond donors (Lipinski definition) is 1. The van der Waals surface area contributed by atoms with Crippen molar-refractivity contribution in [3.63, 3.8) is 0 Å². The Bertz CT molecular complexity index is 726. The van der Waals surface area contributed by atoms with Gasteiger partial charge in [-0.25, -0.2) is 4.98 Å². The van der Waals surface area contributed by atoms with Gasteiger partial charge in [0.25, 0.3) is 0 Å². The van der Waals surface area contributed by atoms with Gasteiger partial charge in [-0.3, -0.25) is 4.79 Å². The predicted octanol–water partition coefficient (Wildman–Crippen LogP) is 3.57. The van der Waals surface area contributed by atoms with Gasteiger partial charge in [-0.05, 0) is 37.7 Å². The van der Waals surface area contributed by atoms with Crippen molar-refractivity contribution in [2.75, 3.05) is 18.0 Å². The number of rotatable bonds is 7. The fraction of sp³-hybridized carbons (Fsp3) is 0.550. The number of amides is 1. The lowest BCUT2D eigenvalue weighted by atomic mass is 10.1. The molecule has 6 heteroatoms. The molecule has 1 aromatic carbocycles. The lowest BCUT2D eigenvalue weighted by molar-refractivity contribution is -0.122. The molecule has 0 unspecified atom stereocenters. The molecule has 1 fully saturated rings. The van der Waals surface area contributed by atoms with Gasteiger partial charge in [0.2, 0.25) is 11.0 Å². The van der Waals surface area contributed by atoms with Gasteiger partial charge in [-0.1, -0.05) is 43.7 Å². The molecule has 26 heavy (non-hydrogen) atoms. The summed E-state index contributed by atoms with van der Waals surface area (Å²) in [5, 5.41) is 3.95. The van der Waals surface area contributed by atoms with Crippen LogP contribution in [0, 0.1) is 12.8 Å². The van der Waals surface area contributed by atoms with Crippen LogP contribution in [0.15, 0.2) is 24.3 Å². The van der Waals surface area contributed by atoms with Crippen LogP contribution in [0.25, 0.3) is 0 Å². The Kier molecular flexibility index (Phi) is 6.25. The van der Waals surface area contributed by atoms with E-state index in [9.17, 15) is 4.79 Å². The number of aryl methyl sites for hydroxylation is 1. The number of carbonyl (C=O) groups is 1. The smallest absolute Gasteiger partial charge is 0.242 e. The van der Waals surface area contributed by atoms with E-state index in [0.717, 1.165) is 49.7 Å². The second-order valence-corrected chi connectivity index (χ2v) is 8.21. The minimum absolute atomic E-state index is 0.109. The molecule has 0 spiro atoms. The number of nitrogens with one attached hydrogen (secondary N) is 1. The molecule has 140 valence electrons. The van der Waals surface area contributed by atoms with Crippen molar-refractivity contribution in [2.45, 2.75) is 52.5 Å². The summed E-state index contributed by atoms with van der Waals surface area (Å²) in [5.41, 5.74) is 2.47. The minimum atomic E-state index is -0.109. The minimum Gasteiger partial charge on any atom is -0.354 e. The summed E-state index contributed by atoms with van der Waals surface area (Å²) in [5.74, 6) is 1.56. The standard InChI is InChI=1S/C20H28N4OS/c1-14(2)10-11-21-19(25)17-5-4-12-24(17)20-22-18(23-26-20)13-16-8-6-15(3)7-9-16/h6-9,14,17H,4-5,10-13H2,1-3H3,(H,21,25)/t17-/m0/s1. The molecule has 3 rings (SSSR count). The zero-order valence-electron chi connectivity index (χ0n) is 15.9. The van der Waals surface area contributed by atoms with Crippen molar-refractivity contribution in [1.82, 2.24) is 14.7 Å². The van der Waals surface area contributed by atoms with Crippen LogP contribution in [0.1, 0.15) is 50.1 Å². The van der Waals surface area contributed by atoms with E-state index >= 15 is 0 Å². The molecule has 1 aliphatic rings. The first-order valence-corrected chi connectivity index (χ1v) is 10.2. The van der Waals surface area contributed by atoms with Crippen LogP contribution < -0.4 is 10.2 Å². The highest BCUT2D eigenvalue weighted by atomic mass is 32.1. The second kappa shape index (κ2) is 8.62. The summed E-state index contributed by atoms with van der Waals surface area (Å²) in [6.45, 7) is 8.05. The molecule has 1 aromatic heterocycles. The molecule has 2 aromatic rings. The van der Waals surface area contributed by atoms with E-state index in [1.807, 2.05) is 0 Å². The largest absolute Gasteiger partial charge is 0.354 e. The maximum Gasteiger partial charge on any atom is 0.242 e. The van der Waals surface area contributed by atoms with E-state index in [1.165, 1.54) is 22.7 Å². The van der Waals surface area contributed by atoms with E-state index in [2.05, 4.69) is 59.6 Å². The van der Waals surface area contributed by atoms with Crippen molar-refractivity contribution < 1.29 is 4.79 Å². The van der Waals surface area contributed by atoms with Crippen molar-refractivity contribution >= 4 is 22.6 Å². The molecule has 1 atom stereocenters. The summed E-state index contributed by atoms with van der Waals surface area (Å²) >= 11 is 1.40. The van der Waals surface area contributed by atoms with Crippen LogP contribution >= 0.6 is 11.5 Å². The Labute approximate surface area is 160 Å². The molecule has 0 saturated carbocycles. The highest BCUT2D eigenvalue weighted by molar-refractivity contribution is 7.09. The number of benzene rings is 1. The summed E-state index contributed by atoms with van der Waals surface area (Å²) in [6.07, 6.45) is 3.66. The SMILES string of the molecule is Cc1ccc(Cc2nsc(N3CCC[C@H]3C(=O)NCCC(C)C)n2)cc1. The third kappa shape index (κ3) is 4.81. The van der Waals surface area contributed by atoms with Crippen molar-refractivity contribution in [2.24, 2.45) is 5.92 Å².